The molecular formula is C34H46O11. The quantitative estimate of drug-likeness (QED) is 0.145. The van der Waals surface area contributed by atoms with Gasteiger partial charge in [-0.2, -0.15) is 0 Å². The Labute approximate surface area is 263 Å². The van der Waals surface area contributed by atoms with Crippen LogP contribution in [0.2, 0.25) is 0 Å². The van der Waals surface area contributed by atoms with E-state index in [1.165, 1.54) is 6.92 Å². The number of rotatable bonds is 1. The highest BCUT2D eigenvalue weighted by Gasteiger charge is 2.62. The lowest BCUT2D eigenvalue weighted by molar-refractivity contribution is -0.178. The first-order chi connectivity index (χ1) is 20.8. The van der Waals surface area contributed by atoms with Crippen LogP contribution in [-0.4, -0.2) is 80.9 Å². The number of hydrogen-bond donors (Lipinski definition) is 4. The topological polar surface area (TPSA) is 177 Å². The molecule has 4 aliphatic carbocycles. The highest BCUT2D eigenvalue weighted by Crippen LogP contribution is 2.58. The monoisotopic (exact) mass is 630 g/mol. The second-order valence-corrected chi connectivity index (χ2v) is 13.9. The zero-order valence-electron chi connectivity index (χ0n) is 26.7. The molecular weight excluding hydrogens is 584 g/mol. The van der Waals surface area contributed by atoms with Crippen molar-refractivity contribution in [1.82, 2.24) is 0 Å². The van der Waals surface area contributed by atoms with Crippen molar-refractivity contribution >= 4 is 23.9 Å². The Morgan fingerprint density at radius 1 is 0.889 bits per heavy atom. The molecule has 0 amide bonds. The van der Waals surface area contributed by atoms with E-state index in [1.807, 2.05) is 26.8 Å². The molecule has 6 aliphatic rings. The first-order valence-electron chi connectivity index (χ1n) is 15.4. The largest absolute Gasteiger partial charge is 0.481 e. The number of carbonyl (C=O) groups is 4. The SMILES string of the molecule is C=C1C(=O)OC2CC3(C)C(O)CC=C(C)C3C(O)C12.C=C1C(=O)OC2CC3(C)C(O)CCC(=C)C3C(OC(C)=O)C12.CC(=O)O. The average molecular weight is 631 g/mol. The van der Waals surface area contributed by atoms with E-state index in [0.717, 1.165) is 18.1 Å². The molecule has 11 heteroatoms. The van der Waals surface area contributed by atoms with Gasteiger partial charge in [-0.25, -0.2) is 9.59 Å². The predicted octanol–water partition coefficient (Wildman–Crippen LogP) is 3.03. The van der Waals surface area contributed by atoms with Crippen LogP contribution >= 0.6 is 0 Å². The molecule has 0 bridgehead atoms. The van der Waals surface area contributed by atoms with Gasteiger partial charge in [-0.05, 0) is 39.0 Å². The summed E-state index contributed by atoms with van der Waals surface area (Å²) in [7, 11) is 0. The Balaban J connectivity index is 0.000000185. The predicted molar refractivity (Wildman–Crippen MR) is 161 cm³/mol. The van der Waals surface area contributed by atoms with E-state index in [-0.39, 0.29) is 29.8 Å². The van der Waals surface area contributed by atoms with Crippen LogP contribution in [0.15, 0.2) is 48.1 Å². The molecule has 5 fully saturated rings. The van der Waals surface area contributed by atoms with Crippen LogP contribution in [0.5, 0.6) is 0 Å². The van der Waals surface area contributed by atoms with E-state index in [1.54, 1.807) is 0 Å². The molecule has 248 valence electrons. The zero-order valence-corrected chi connectivity index (χ0v) is 26.7. The van der Waals surface area contributed by atoms with Crippen LogP contribution in [0.25, 0.3) is 0 Å². The molecule has 12 atom stereocenters. The van der Waals surface area contributed by atoms with Gasteiger partial charge in [-0.1, -0.05) is 50.8 Å². The Bertz CT molecular complexity index is 1330. The van der Waals surface area contributed by atoms with E-state index in [0.29, 0.717) is 43.3 Å². The highest BCUT2D eigenvalue weighted by atomic mass is 16.6. The van der Waals surface area contributed by atoms with E-state index >= 15 is 0 Å². The summed E-state index contributed by atoms with van der Waals surface area (Å²) in [5.74, 6) is -3.10. The van der Waals surface area contributed by atoms with Crippen LogP contribution < -0.4 is 0 Å². The summed E-state index contributed by atoms with van der Waals surface area (Å²) in [6.45, 7) is 20.1. The third-order valence-electron chi connectivity index (χ3n) is 10.9. The van der Waals surface area contributed by atoms with Gasteiger partial charge in [0.05, 0.1) is 30.1 Å². The second kappa shape index (κ2) is 12.5. The van der Waals surface area contributed by atoms with Gasteiger partial charge in [0.1, 0.15) is 18.3 Å². The maximum atomic E-state index is 11.9. The molecule has 2 aliphatic heterocycles. The summed E-state index contributed by atoms with van der Waals surface area (Å²) in [5.41, 5.74) is 1.82. The van der Waals surface area contributed by atoms with Gasteiger partial charge < -0.3 is 34.6 Å². The number of aliphatic hydroxyl groups excluding tert-OH is 3. The number of ether oxygens (including phenoxy) is 3. The lowest BCUT2D eigenvalue weighted by Gasteiger charge is -2.54. The smallest absolute Gasteiger partial charge is 0.334 e. The minimum atomic E-state index is -0.833. The first-order valence-corrected chi connectivity index (χ1v) is 15.4. The fourth-order valence-electron chi connectivity index (χ4n) is 8.78. The van der Waals surface area contributed by atoms with Gasteiger partial charge in [0, 0.05) is 47.7 Å². The van der Waals surface area contributed by atoms with E-state index in [9.17, 15) is 29.7 Å². The van der Waals surface area contributed by atoms with Gasteiger partial charge in [0.25, 0.3) is 5.97 Å². The van der Waals surface area contributed by atoms with Crippen molar-refractivity contribution in [1.29, 1.82) is 0 Å². The summed E-state index contributed by atoms with van der Waals surface area (Å²) in [6.07, 6.45) is 1.96. The summed E-state index contributed by atoms with van der Waals surface area (Å²) >= 11 is 0. The van der Waals surface area contributed by atoms with Crippen molar-refractivity contribution in [2.75, 3.05) is 0 Å². The number of aliphatic hydroxyl groups is 3. The summed E-state index contributed by atoms with van der Waals surface area (Å²) < 4.78 is 16.3. The summed E-state index contributed by atoms with van der Waals surface area (Å²) in [4.78, 5) is 44.1. The number of fused-ring (bicyclic) bond motifs is 4. The van der Waals surface area contributed by atoms with Crippen LogP contribution in [0.3, 0.4) is 0 Å². The maximum Gasteiger partial charge on any atom is 0.334 e. The van der Waals surface area contributed by atoms with Crippen LogP contribution in [0.1, 0.15) is 66.7 Å². The van der Waals surface area contributed by atoms with Crippen molar-refractivity contribution in [3.05, 3.63) is 48.1 Å². The fraction of sp³-hybridized carbons (Fsp3) is 0.647. The fourth-order valence-corrected chi connectivity index (χ4v) is 8.78. The number of carbonyl (C=O) groups excluding carboxylic acids is 3. The van der Waals surface area contributed by atoms with E-state index in [2.05, 4.69) is 19.7 Å². The molecule has 0 radical (unpaired) electrons. The molecule has 2 heterocycles. The molecule has 12 unspecified atom stereocenters. The highest BCUT2D eigenvalue weighted by molar-refractivity contribution is 5.91. The number of esters is 3. The molecule has 0 aromatic carbocycles. The average Bonchev–Trinajstić information content (AvgIpc) is 3.36. The van der Waals surface area contributed by atoms with E-state index < -0.39 is 65.2 Å². The molecule has 45 heavy (non-hydrogen) atoms. The van der Waals surface area contributed by atoms with Crippen LogP contribution in [0, 0.1) is 34.5 Å². The zero-order chi connectivity index (χ0) is 33.8. The standard InChI is InChI=1S/C17H22O5.C15H20O4.C2H4O2/c1-8-5-6-12(19)17(4)7-11-13(9(2)16(20)22-11)15(14(8)17)21-10(3)18;1-7-4-5-10(16)15(3)6-9-11(13(17)12(7)15)8(2)14(18)19-9;1-2(3)4/h11-15,19H,1-2,5-7H2,3-4H3;4,9-13,16-17H,2,5-6H2,1,3H3;1H3,(H,3,4). The number of carboxylic acid groups (broad SMARTS) is 1. The van der Waals surface area contributed by atoms with Gasteiger partial charge in [-0.15, -0.1) is 0 Å². The van der Waals surface area contributed by atoms with Crippen molar-refractivity contribution in [3.8, 4) is 0 Å². The van der Waals surface area contributed by atoms with Gasteiger partial charge in [0.15, 0.2) is 0 Å². The minimum Gasteiger partial charge on any atom is -0.481 e. The maximum absolute atomic E-state index is 11.9. The normalized spacial score (nSPS) is 42.9. The van der Waals surface area contributed by atoms with Gasteiger partial charge in [0.2, 0.25) is 0 Å². The Morgan fingerprint density at radius 2 is 1.38 bits per heavy atom. The lowest BCUT2D eigenvalue weighted by Crippen LogP contribution is -2.58. The number of hydrogen-bond acceptors (Lipinski definition) is 10. The third-order valence-corrected chi connectivity index (χ3v) is 10.9. The van der Waals surface area contributed by atoms with Crippen molar-refractivity contribution < 1.29 is 53.8 Å². The summed E-state index contributed by atoms with van der Waals surface area (Å²) in [6, 6.07) is 0. The number of aliphatic carboxylic acids is 1. The summed E-state index contributed by atoms with van der Waals surface area (Å²) in [5, 5.41) is 39.0. The minimum absolute atomic E-state index is 0.135. The third kappa shape index (κ3) is 6.02. The first kappa shape index (κ1) is 34.6. The number of carboxylic acids is 1. The molecule has 6 rings (SSSR count). The van der Waals surface area contributed by atoms with Crippen LogP contribution in [-0.2, 0) is 33.4 Å². The Morgan fingerprint density at radius 3 is 1.91 bits per heavy atom. The van der Waals surface area contributed by atoms with E-state index in [4.69, 9.17) is 24.1 Å². The van der Waals surface area contributed by atoms with Crippen LogP contribution in [0.4, 0.5) is 0 Å². The Kier molecular flexibility index (Phi) is 9.60. The van der Waals surface area contributed by atoms with Gasteiger partial charge in [-0.3, -0.25) is 9.59 Å². The van der Waals surface area contributed by atoms with Crippen molar-refractivity contribution in [2.24, 2.45) is 34.5 Å². The molecule has 0 aromatic heterocycles. The molecule has 11 nitrogen and oxygen atoms in total. The Hall–Kier alpha value is -3.28. The van der Waals surface area contributed by atoms with Gasteiger partial charge >= 0.3 is 17.9 Å². The molecule has 0 aromatic rings. The molecule has 0 spiro atoms. The molecule has 2 saturated heterocycles. The molecule has 3 saturated carbocycles. The lowest BCUT2D eigenvalue weighted by atomic mass is 9.53. The molecule has 4 N–H and O–H groups in total. The van der Waals surface area contributed by atoms with Crippen molar-refractivity contribution in [3.63, 3.8) is 0 Å². The second-order valence-electron chi connectivity index (χ2n) is 13.9. The van der Waals surface area contributed by atoms with Crippen molar-refractivity contribution in [2.45, 2.75) is 103 Å².